The number of aryl methyl sites for hydroxylation is 4. The summed E-state index contributed by atoms with van der Waals surface area (Å²) in [5.74, 6) is -1.06. The molecule has 0 heterocycles. The third-order valence-electron chi connectivity index (χ3n) is 6.00. The summed E-state index contributed by atoms with van der Waals surface area (Å²) in [7, 11) is 1.44. The molecule has 0 amide bonds. The van der Waals surface area contributed by atoms with Gasteiger partial charge in [-0.15, -0.1) is 0 Å². The van der Waals surface area contributed by atoms with Crippen LogP contribution in [-0.2, 0) is 15.4 Å². The zero-order valence-corrected chi connectivity index (χ0v) is 29.9. The molecule has 5 nitrogen and oxygen atoms in total. The minimum absolute atomic E-state index is 0. The maximum Gasteiger partial charge on any atom is 1.00 e. The average molecular weight is 693 g/mol. The molecule has 0 atom stereocenters. The Kier molecular flexibility index (Phi) is 16.5. The van der Waals surface area contributed by atoms with Crippen LogP contribution in [0.4, 0.5) is 0 Å². The second-order valence-corrected chi connectivity index (χ2v) is 13.6. The van der Waals surface area contributed by atoms with Crippen LogP contribution in [0.2, 0.25) is 0 Å². The Labute approximate surface area is 278 Å². The molecule has 4 aromatic rings. The molecule has 0 bridgehead atoms. The van der Waals surface area contributed by atoms with E-state index in [0.29, 0.717) is 20.5 Å². The molecule has 0 aliphatic heterocycles. The van der Waals surface area contributed by atoms with Crippen LogP contribution < -0.4 is 38.5 Å². The minimum atomic E-state index is -0.823. The topological polar surface area (TPSA) is 93.6 Å². The molecular formula is C33H35NaO5Se2. The van der Waals surface area contributed by atoms with Crippen molar-refractivity contribution in [3.05, 3.63) is 129 Å². The van der Waals surface area contributed by atoms with Crippen molar-refractivity contribution in [2.75, 3.05) is 7.11 Å². The maximum absolute atomic E-state index is 12.0. The number of carbonyl (C=O) groups is 2. The standard InChI is InChI=1S/C17H18O2Se.C16H16O2Se.Na.H2O/c1-12-9-13(2)16(17(18)19-3)14(10-12)11-20-15-7-5-4-6-8-15;1-11-8-12(2)15(16(17)18)13(9-11)10-19-14-6-4-3-5-7-14;;/h4-10H,11H2,1-3H3;3-9H,10H2,1-2H3,(H,17,18);;1H2/q;;+1;/p-1. The number of carboxylic acids is 1. The van der Waals surface area contributed by atoms with E-state index in [4.69, 9.17) is 4.74 Å². The first-order valence-electron chi connectivity index (χ1n) is 12.6. The fraction of sp³-hybridized carbons (Fsp3) is 0.212. The number of hydrogen-bond acceptors (Lipinski definition) is 4. The van der Waals surface area contributed by atoms with Crippen molar-refractivity contribution in [2.45, 2.75) is 38.3 Å². The summed E-state index contributed by atoms with van der Waals surface area (Å²) in [6.45, 7) is 7.92. The summed E-state index contributed by atoms with van der Waals surface area (Å²) in [6, 6.07) is 28.7. The number of carboxylic acid groups (broad SMARTS) is 1. The van der Waals surface area contributed by atoms with E-state index in [9.17, 15) is 14.7 Å². The summed E-state index contributed by atoms with van der Waals surface area (Å²) in [5.41, 5.74) is 7.42. The average Bonchev–Trinajstić information content (AvgIpc) is 2.91. The normalized spacial score (nSPS) is 9.88. The number of carbonyl (C=O) groups excluding carboxylic acids is 1. The number of ether oxygens (including phenoxy) is 1. The molecule has 0 saturated heterocycles. The summed E-state index contributed by atoms with van der Waals surface area (Å²) in [5, 5.41) is 11.1. The van der Waals surface area contributed by atoms with Crippen LogP contribution in [-0.4, -0.2) is 59.5 Å². The van der Waals surface area contributed by atoms with Crippen LogP contribution in [0.1, 0.15) is 54.1 Å². The molecule has 0 radical (unpaired) electrons. The Morgan fingerprint density at radius 2 is 1.07 bits per heavy atom. The Bertz CT molecular complexity index is 1430. The third-order valence-corrected chi connectivity index (χ3v) is 10.5. The first-order valence-corrected chi connectivity index (χ1v) is 16.7. The second-order valence-electron chi connectivity index (χ2n) is 9.23. The van der Waals surface area contributed by atoms with E-state index in [1.54, 1.807) is 0 Å². The van der Waals surface area contributed by atoms with E-state index in [0.717, 1.165) is 44.0 Å². The zero-order valence-electron chi connectivity index (χ0n) is 24.4. The van der Waals surface area contributed by atoms with Gasteiger partial charge in [0.15, 0.2) is 0 Å². The van der Waals surface area contributed by atoms with Crippen LogP contribution in [0.15, 0.2) is 84.9 Å². The summed E-state index contributed by atoms with van der Waals surface area (Å²) in [4.78, 5) is 23.3. The number of benzene rings is 4. The Morgan fingerprint density at radius 1 is 0.683 bits per heavy atom. The molecule has 0 unspecified atom stereocenters. The number of aromatic carboxylic acids is 1. The van der Waals surface area contributed by atoms with Gasteiger partial charge in [0.05, 0.1) is 0 Å². The van der Waals surface area contributed by atoms with Crippen LogP contribution in [0, 0.1) is 27.7 Å². The van der Waals surface area contributed by atoms with Crippen molar-refractivity contribution >= 4 is 50.8 Å². The van der Waals surface area contributed by atoms with Crippen LogP contribution >= 0.6 is 0 Å². The van der Waals surface area contributed by atoms with E-state index in [-0.39, 0.29) is 56.0 Å². The zero-order chi connectivity index (χ0) is 28.4. The van der Waals surface area contributed by atoms with Crippen molar-refractivity contribution in [1.29, 1.82) is 0 Å². The SMILES string of the molecule is COC(=O)c1c(C)cc(C)cc1C[Se]c1ccccc1.Cc1cc(C)c(C(=O)O)c(C[Se]c2ccccc2)c1.[Na+].[OH-]. The van der Waals surface area contributed by atoms with Gasteiger partial charge in [-0.2, -0.15) is 0 Å². The Balaban J connectivity index is 0.000000391. The van der Waals surface area contributed by atoms with Gasteiger partial charge in [-0.25, -0.2) is 0 Å². The van der Waals surface area contributed by atoms with Gasteiger partial charge in [0, 0.05) is 0 Å². The van der Waals surface area contributed by atoms with E-state index in [1.807, 2.05) is 63.2 Å². The quantitative estimate of drug-likeness (QED) is 0.226. The molecular weight excluding hydrogens is 657 g/mol. The largest absolute Gasteiger partial charge is 1.00 e. The molecule has 210 valence electrons. The second kappa shape index (κ2) is 18.4. The molecule has 0 aromatic heterocycles. The molecule has 41 heavy (non-hydrogen) atoms. The molecule has 2 N–H and O–H groups in total. The summed E-state index contributed by atoms with van der Waals surface area (Å²) < 4.78 is 7.56. The first-order chi connectivity index (χ1) is 18.7. The van der Waals surface area contributed by atoms with Crippen molar-refractivity contribution in [2.24, 2.45) is 0 Å². The summed E-state index contributed by atoms with van der Waals surface area (Å²) >= 11 is 0.593. The minimum Gasteiger partial charge on any atom is -0.870 e. The fourth-order valence-corrected chi connectivity index (χ4v) is 8.17. The number of rotatable bonds is 8. The summed E-state index contributed by atoms with van der Waals surface area (Å²) in [6.07, 6.45) is 0. The fourth-order valence-electron chi connectivity index (χ4n) is 4.39. The molecule has 0 saturated carbocycles. The van der Waals surface area contributed by atoms with E-state index >= 15 is 0 Å². The van der Waals surface area contributed by atoms with Crippen molar-refractivity contribution in [3.8, 4) is 0 Å². The molecule has 4 rings (SSSR count). The van der Waals surface area contributed by atoms with Gasteiger partial charge in [-0.3, -0.25) is 0 Å². The van der Waals surface area contributed by atoms with Crippen LogP contribution in [0.3, 0.4) is 0 Å². The smallest absolute Gasteiger partial charge is 0.870 e. The van der Waals surface area contributed by atoms with Crippen LogP contribution in [0.25, 0.3) is 0 Å². The van der Waals surface area contributed by atoms with E-state index in [2.05, 4.69) is 49.4 Å². The Morgan fingerprint density at radius 3 is 1.46 bits per heavy atom. The molecule has 0 aliphatic rings. The van der Waals surface area contributed by atoms with Gasteiger partial charge >= 0.3 is 275 Å². The van der Waals surface area contributed by atoms with Crippen molar-refractivity contribution in [3.63, 3.8) is 0 Å². The van der Waals surface area contributed by atoms with Gasteiger partial charge in [0.25, 0.3) is 0 Å². The number of hydrogen-bond donors (Lipinski definition) is 1. The molecule has 8 heteroatoms. The Hall–Kier alpha value is -2.18. The molecule has 0 spiro atoms. The first kappa shape index (κ1) is 36.8. The van der Waals surface area contributed by atoms with Crippen LogP contribution in [0.5, 0.6) is 0 Å². The molecule has 0 aliphatic carbocycles. The van der Waals surface area contributed by atoms with E-state index in [1.165, 1.54) is 21.6 Å². The molecule has 0 fully saturated rings. The van der Waals surface area contributed by atoms with E-state index < -0.39 is 5.97 Å². The number of esters is 1. The van der Waals surface area contributed by atoms with Gasteiger partial charge in [0.1, 0.15) is 0 Å². The predicted octanol–water partition coefficient (Wildman–Crippen LogP) is 1.98. The van der Waals surface area contributed by atoms with Crippen molar-refractivity contribution < 1.29 is 54.5 Å². The van der Waals surface area contributed by atoms with Crippen molar-refractivity contribution in [1.82, 2.24) is 0 Å². The number of methoxy groups -OCH3 is 1. The molecule has 4 aromatic carbocycles. The van der Waals surface area contributed by atoms with Gasteiger partial charge in [-0.05, 0) is 0 Å². The van der Waals surface area contributed by atoms with Gasteiger partial charge in [-0.1, -0.05) is 0 Å². The maximum atomic E-state index is 12.0. The van der Waals surface area contributed by atoms with Gasteiger partial charge < -0.3 is 5.48 Å². The van der Waals surface area contributed by atoms with Gasteiger partial charge in [0.2, 0.25) is 0 Å². The third kappa shape index (κ3) is 11.2. The predicted molar refractivity (Wildman–Crippen MR) is 163 cm³/mol. The monoisotopic (exact) mass is 694 g/mol.